The van der Waals surface area contributed by atoms with E-state index in [0.29, 0.717) is 30.2 Å². The lowest BCUT2D eigenvalue weighted by Crippen LogP contribution is -2.46. The summed E-state index contributed by atoms with van der Waals surface area (Å²) in [6.45, 7) is 3.74. The fraction of sp³-hybridized carbons (Fsp3) is 0.194. The number of piperazine rings is 1. The molecular formula is C31H27ClF4N4O3S. The Balaban J connectivity index is 1.21. The van der Waals surface area contributed by atoms with Crippen molar-refractivity contribution in [1.29, 1.82) is 0 Å². The number of nitrogens with two attached hydrogens (primary N) is 1. The maximum atomic E-state index is 14.6. The van der Waals surface area contributed by atoms with Crippen molar-refractivity contribution in [2.24, 2.45) is 0 Å². The van der Waals surface area contributed by atoms with Crippen LogP contribution in [0.25, 0.3) is 11.1 Å². The zero-order chi connectivity index (χ0) is 31.6. The molecule has 230 valence electrons. The zero-order valence-corrected chi connectivity index (χ0v) is 24.7. The van der Waals surface area contributed by atoms with E-state index < -0.39 is 44.1 Å². The summed E-state index contributed by atoms with van der Waals surface area (Å²) in [7, 11) is -4.98. The van der Waals surface area contributed by atoms with Crippen molar-refractivity contribution in [2.45, 2.75) is 17.6 Å². The molecule has 7 nitrogen and oxygen atoms in total. The van der Waals surface area contributed by atoms with Gasteiger partial charge in [-0.1, -0.05) is 48.0 Å². The first-order chi connectivity index (χ1) is 20.8. The summed E-state index contributed by atoms with van der Waals surface area (Å²) in [6, 6.07) is 23.2. The molecule has 13 heteroatoms. The minimum Gasteiger partial charge on any atom is -0.398 e. The number of carbonyl (C=O) groups excluding carboxylic acids is 1. The van der Waals surface area contributed by atoms with Crippen LogP contribution in [0.5, 0.6) is 0 Å². The molecule has 0 aromatic heterocycles. The van der Waals surface area contributed by atoms with Gasteiger partial charge in [0.2, 0.25) is 0 Å². The van der Waals surface area contributed by atoms with Crippen LogP contribution in [-0.4, -0.2) is 45.4 Å². The van der Waals surface area contributed by atoms with E-state index in [2.05, 4.69) is 21.9 Å². The maximum absolute atomic E-state index is 14.6. The molecule has 0 radical (unpaired) electrons. The van der Waals surface area contributed by atoms with E-state index in [1.165, 1.54) is 17.7 Å². The van der Waals surface area contributed by atoms with Crippen molar-refractivity contribution in [1.82, 2.24) is 9.62 Å². The minimum atomic E-state index is -5.23. The number of carbonyl (C=O) groups is 1. The van der Waals surface area contributed by atoms with Gasteiger partial charge in [-0.2, -0.15) is 13.2 Å². The Labute approximate surface area is 256 Å². The van der Waals surface area contributed by atoms with Crippen LogP contribution >= 0.6 is 11.6 Å². The van der Waals surface area contributed by atoms with E-state index in [1.54, 1.807) is 16.9 Å². The van der Waals surface area contributed by atoms with E-state index in [0.717, 1.165) is 36.4 Å². The van der Waals surface area contributed by atoms with Gasteiger partial charge in [0.05, 0.1) is 0 Å². The second-order valence-corrected chi connectivity index (χ2v) is 12.3. The van der Waals surface area contributed by atoms with Crippen LogP contribution in [0.15, 0.2) is 89.8 Å². The van der Waals surface area contributed by atoms with Crippen molar-refractivity contribution in [3.63, 3.8) is 0 Å². The summed E-state index contributed by atoms with van der Waals surface area (Å²) in [5, 5.41) is 0.678. The van der Waals surface area contributed by atoms with Crippen LogP contribution in [0.4, 0.5) is 28.9 Å². The highest BCUT2D eigenvalue weighted by Crippen LogP contribution is 2.37. The predicted molar refractivity (Wildman–Crippen MR) is 161 cm³/mol. The predicted octanol–water partition coefficient (Wildman–Crippen LogP) is 6.19. The molecule has 1 heterocycles. The van der Waals surface area contributed by atoms with Gasteiger partial charge < -0.3 is 10.6 Å². The second kappa shape index (κ2) is 12.5. The zero-order valence-electron chi connectivity index (χ0n) is 23.1. The summed E-state index contributed by atoms with van der Waals surface area (Å²) in [5.74, 6) is -3.20. The smallest absolute Gasteiger partial charge is 0.398 e. The van der Waals surface area contributed by atoms with Crippen LogP contribution in [-0.2, 0) is 22.7 Å². The normalized spacial score (nSPS) is 14.4. The minimum absolute atomic E-state index is 0.0679. The molecule has 0 aliphatic carbocycles. The summed E-state index contributed by atoms with van der Waals surface area (Å²) in [5.41, 5.74) is 6.49. The molecule has 5 rings (SSSR count). The lowest BCUT2D eigenvalue weighted by molar-refractivity contribution is -0.139. The average Bonchev–Trinajstić information content (AvgIpc) is 2.97. The summed E-state index contributed by atoms with van der Waals surface area (Å²) in [6.07, 6.45) is -5.23. The van der Waals surface area contributed by atoms with E-state index >= 15 is 0 Å². The quantitative estimate of drug-likeness (QED) is 0.184. The standard InChI is InChI=1S/C31H27ClF4N4O3S/c32-23-9-5-20(6-10-23)25-4-2-1-3-22(25)19-39-15-17-40(18-16-39)24-11-7-21(8-12-24)30(41)38-44(42,43)27-14-13-26(37)28(29(27)33)31(34,35)36/h1-14H,15-19,37H2,(H,38,41). The number of alkyl halides is 3. The lowest BCUT2D eigenvalue weighted by atomic mass is 9.99. The number of nitrogen functional groups attached to an aromatic ring is 1. The fourth-order valence-electron chi connectivity index (χ4n) is 5.10. The second-order valence-electron chi connectivity index (χ2n) is 10.2. The molecule has 1 aliphatic rings. The molecule has 0 bridgehead atoms. The molecular weight excluding hydrogens is 620 g/mol. The summed E-state index contributed by atoms with van der Waals surface area (Å²) >= 11 is 6.05. The van der Waals surface area contributed by atoms with Crippen LogP contribution in [0.2, 0.25) is 5.02 Å². The van der Waals surface area contributed by atoms with E-state index in [4.69, 9.17) is 17.3 Å². The highest BCUT2D eigenvalue weighted by atomic mass is 35.5. The van der Waals surface area contributed by atoms with Gasteiger partial charge in [0.25, 0.3) is 15.9 Å². The third-order valence-electron chi connectivity index (χ3n) is 7.37. The molecule has 0 saturated carbocycles. The average molecular weight is 647 g/mol. The number of hydrogen-bond donors (Lipinski definition) is 2. The van der Waals surface area contributed by atoms with E-state index in [1.807, 2.05) is 36.4 Å². The van der Waals surface area contributed by atoms with Crippen molar-refractivity contribution in [2.75, 3.05) is 36.8 Å². The Morgan fingerprint density at radius 1 is 0.886 bits per heavy atom. The molecule has 3 N–H and O–H groups in total. The van der Waals surface area contributed by atoms with E-state index in [9.17, 15) is 30.8 Å². The van der Waals surface area contributed by atoms with Gasteiger partial charge in [-0.3, -0.25) is 9.69 Å². The van der Waals surface area contributed by atoms with Gasteiger partial charge in [-0.15, -0.1) is 0 Å². The molecule has 0 atom stereocenters. The molecule has 4 aromatic rings. The van der Waals surface area contributed by atoms with E-state index in [-0.39, 0.29) is 5.56 Å². The molecule has 1 amide bonds. The number of rotatable bonds is 7. The first-order valence-electron chi connectivity index (χ1n) is 13.5. The molecule has 1 saturated heterocycles. The van der Waals surface area contributed by atoms with Gasteiger partial charge >= 0.3 is 6.18 Å². The number of sulfonamides is 1. The Morgan fingerprint density at radius 3 is 2.16 bits per heavy atom. The molecule has 4 aromatic carbocycles. The van der Waals surface area contributed by atoms with Crippen molar-refractivity contribution < 1.29 is 30.8 Å². The summed E-state index contributed by atoms with van der Waals surface area (Å²) in [4.78, 5) is 15.8. The number of benzene rings is 4. The first-order valence-corrected chi connectivity index (χ1v) is 15.3. The molecule has 0 spiro atoms. The molecule has 1 fully saturated rings. The van der Waals surface area contributed by atoms with Crippen LogP contribution < -0.4 is 15.4 Å². The number of hydrogen-bond acceptors (Lipinski definition) is 6. The van der Waals surface area contributed by atoms with Gasteiger partial charge in [-0.25, -0.2) is 17.5 Å². The molecule has 0 unspecified atom stereocenters. The Kier molecular flexibility index (Phi) is 8.87. The lowest BCUT2D eigenvalue weighted by Gasteiger charge is -2.36. The summed E-state index contributed by atoms with van der Waals surface area (Å²) < 4.78 is 81.0. The number of amides is 1. The van der Waals surface area contributed by atoms with Crippen molar-refractivity contribution in [3.8, 4) is 11.1 Å². The van der Waals surface area contributed by atoms with Gasteiger partial charge in [0, 0.05) is 54.7 Å². The number of anilines is 2. The highest BCUT2D eigenvalue weighted by molar-refractivity contribution is 7.90. The Bertz CT molecular complexity index is 1780. The fourth-order valence-corrected chi connectivity index (χ4v) is 6.28. The van der Waals surface area contributed by atoms with Crippen molar-refractivity contribution >= 4 is 38.9 Å². The Hall–Kier alpha value is -4.13. The van der Waals surface area contributed by atoms with Gasteiger partial charge in [0.15, 0.2) is 5.82 Å². The third kappa shape index (κ3) is 6.82. The number of nitrogens with one attached hydrogen (secondary N) is 1. The van der Waals surface area contributed by atoms with Gasteiger partial charge in [-0.05, 0) is 65.2 Å². The van der Waals surface area contributed by atoms with Gasteiger partial charge in [0.1, 0.15) is 10.5 Å². The largest absolute Gasteiger partial charge is 0.421 e. The third-order valence-corrected chi connectivity index (χ3v) is 8.97. The van der Waals surface area contributed by atoms with Crippen LogP contribution in [0.3, 0.4) is 0 Å². The first kappa shape index (κ1) is 31.3. The highest BCUT2D eigenvalue weighted by Gasteiger charge is 2.39. The van der Waals surface area contributed by atoms with Crippen LogP contribution in [0.1, 0.15) is 21.5 Å². The molecule has 1 aliphatic heterocycles. The van der Waals surface area contributed by atoms with Crippen molar-refractivity contribution in [3.05, 3.63) is 112 Å². The monoisotopic (exact) mass is 646 g/mol. The van der Waals surface area contributed by atoms with Crippen LogP contribution in [0, 0.1) is 5.82 Å². The Morgan fingerprint density at radius 2 is 1.52 bits per heavy atom. The number of halogens is 5. The molecule has 44 heavy (non-hydrogen) atoms. The SMILES string of the molecule is Nc1ccc(S(=O)(=O)NC(=O)c2ccc(N3CCN(Cc4ccccc4-c4ccc(Cl)cc4)CC3)cc2)c(F)c1C(F)(F)F. The topological polar surface area (TPSA) is 95.7 Å². The number of nitrogens with zero attached hydrogens (tertiary/aromatic N) is 2. The maximum Gasteiger partial charge on any atom is 0.421 e.